The van der Waals surface area contributed by atoms with Crippen molar-refractivity contribution < 1.29 is 23.4 Å². The standard InChI is InChI=1S/C32H31F2N5O3/c1-4-23-26(33)10-9-19-13-21(40)15-24(27(19)23)29-28(34)30-25(16-35-29)31(39-11-7-5-6-8-12-39)37-32(36-30)42-18-20-14-22(41-3)17-38(20)2/h1,5-6,9-10,13,15-16,20,22,40H,7-8,11-12,14,17-18H2,2-3H3/t20-,22+/m0/s1. The second kappa shape index (κ2) is 11.5. The number of methoxy groups -OCH3 is 1. The minimum atomic E-state index is -0.745. The molecule has 0 saturated carbocycles. The van der Waals surface area contributed by atoms with Gasteiger partial charge in [0.25, 0.3) is 0 Å². The van der Waals surface area contributed by atoms with Gasteiger partial charge in [-0.05, 0) is 49.9 Å². The predicted octanol–water partition coefficient (Wildman–Crippen LogP) is 5.06. The van der Waals surface area contributed by atoms with Crippen LogP contribution in [0.15, 0.2) is 42.6 Å². The summed E-state index contributed by atoms with van der Waals surface area (Å²) in [5.74, 6) is 1.40. The Balaban J connectivity index is 1.49. The van der Waals surface area contributed by atoms with E-state index in [2.05, 4.69) is 37.8 Å². The molecule has 2 aliphatic rings. The van der Waals surface area contributed by atoms with Crippen molar-refractivity contribution in [1.82, 2.24) is 19.9 Å². The number of fused-ring (bicyclic) bond motifs is 2. The minimum absolute atomic E-state index is 0.0157. The smallest absolute Gasteiger partial charge is 0.319 e. The van der Waals surface area contributed by atoms with Crippen molar-refractivity contribution >= 4 is 27.5 Å². The first-order valence-electron chi connectivity index (χ1n) is 13.9. The number of phenols is 1. The average molecular weight is 572 g/mol. The summed E-state index contributed by atoms with van der Waals surface area (Å²) in [6.45, 7) is 2.48. The SMILES string of the molecule is C#Cc1c(F)ccc2cc(O)cc(-c3ncc4c(N5CCC=CCC5)nc(OC[C@@H]5C[C@@H](OC)CN5C)nc4c3F)c12. The van der Waals surface area contributed by atoms with Crippen LogP contribution in [-0.2, 0) is 4.74 Å². The van der Waals surface area contributed by atoms with E-state index in [1.54, 1.807) is 7.11 Å². The zero-order valence-corrected chi connectivity index (χ0v) is 23.5. The molecule has 10 heteroatoms. The van der Waals surface area contributed by atoms with E-state index < -0.39 is 11.6 Å². The van der Waals surface area contributed by atoms with Crippen molar-refractivity contribution in [3.63, 3.8) is 0 Å². The van der Waals surface area contributed by atoms with Crippen LogP contribution in [0.25, 0.3) is 32.9 Å². The van der Waals surface area contributed by atoms with Gasteiger partial charge in [0.1, 0.15) is 35.2 Å². The highest BCUT2D eigenvalue weighted by Gasteiger charge is 2.30. The Morgan fingerprint density at radius 1 is 1.14 bits per heavy atom. The summed E-state index contributed by atoms with van der Waals surface area (Å²) < 4.78 is 42.9. The number of benzene rings is 2. The predicted molar refractivity (Wildman–Crippen MR) is 158 cm³/mol. The number of terminal acetylenes is 1. The summed E-state index contributed by atoms with van der Waals surface area (Å²) in [5.41, 5.74) is 0.0268. The van der Waals surface area contributed by atoms with Gasteiger partial charge in [-0.3, -0.25) is 9.88 Å². The first-order valence-corrected chi connectivity index (χ1v) is 13.9. The number of aromatic hydroxyl groups is 1. The molecular weight excluding hydrogens is 540 g/mol. The van der Waals surface area contributed by atoms with Gasteiger partial charge in [-0.2, -0.15) is 9.97 Å². The number of halogens is 2. The molecule has 0 unspecified atom stereocenters. The molecule has 8 nitrogen and oxygen atoms in total. The zero-order chi connectivity index (χ0) is 29.4. The Labute approximate surface area is 242 Å². The van der Waals surface area contributed by atoms with Gasteiger partial charge < -0.3 is 19.5 Å². The van der Waals surface area contributed by atoms with Gasteiger partial charge in [0.15, 0.2) is 5.82 Å². The van der Waals surface area contributed by atoms with Gasteiger partial charge in [-0.15, -0.1) is 6.42 Å². The third-order valence-electron chi connectivity index (χ3n) is 8.08. The third-order valence-corrected chi connectivity index (χ3v) is 8.08. The maximum atomic E-state index is 16.6. The summed E-state index contributed by atoms with van der Waals surface area (Å²) in [6, 6.07) is 5.64. The second-order valence-electron chi connectivity index (χ2n) is 10.7. The number of hydrogen-bond acceptors (Lipinski definition) is 8. The number of pyridine rings is 1. The summed E-state index contributed by atoms with van der Waals surface area (Å²) in [6.07, 6.45) is 14.0. The number of rotatable bonds is 6. The van der Waals surface area contributed by atoms with E-state index in [-0.39, 0.29) is 51.6 Å². The summed E-state index contributed by atoms with van der Waals surface area (Å²) in [5, 5.41) is 11.6. The summed E-state index contributed by atoms with van der Waals surface area (Å²) >= 11 is 0. The minimum Gasteiger partial charge on any atom is -0.508 e. The van der Waals surface area contributed by atoms with Crippen LogP contribution < -0.4 is 9.64 Å². The fourth-order valence-corrected chi connectivity index (χ4v) is 5.85. The van der Waals surface area contributed by atoms with Gasteiger partial charge >= 0.3 is 6.01 Å². The molecule has 0 spiro atoms. The molecule has 2 aromatic heterocycles. The van der Waals surface area contributed by atoms with Crippen LogP contribution in [0.2, 0.25) is 0 Å². The van der Waals surface area contributed by atoms with Gasteiger partial charge in [0.05, 0.1) is 17.1 Å². The third kappa shape index (κ3) is 5.10. The number of nitrogens with zero attached hydrogens (tertiary/aromatic N) is 5. The molecule has 2 aliphatic heterocycles. The number of likely N-dealkylation sites (N-methyl/N-ethyl adjacent to an activating group) is 1. The van der Waals surface area contributed by atoms with E-state index >= 15 is 4.39 Å². The van der Waals surface area contributed by atoms with Crippen LogP contribution >= 0.6 is 0 Å². The Kier molecular flexibility index (Phi) is 7.62. The van der Waals surface area contributed by atoms with E-state index in [1.165, 1.54) is 30.5 Å². The quantitative estimate of drug-likeness (QED) is 0.254. The summed E-state index contributed by atoms with van der Waals surface area (Å²) in [4.78, 5) is 17.9. The molecule has 1 fully saturated rings. The molecule has 2 atom stereocenters. The van der Waals surface area contributed by atoms with Gasteiger partial charge in [0, 0.05) is 49.9 Å². The number of aromatic nitrogens is 3. The lowest BCUT2D eigenvalue weighted by molar-refractivity contribution is 0.111. The van der Waals surface area contributed by atoms with E-state index in [1.807, 2.05) is 7.05 Å². The fourth-order valence-electron chi connectivity index (χ4n) is 5.85. The monoisotopic (exact) mass is 571 g/mol. The van der Waals surface area contributed by atoms with Crippen molar-refractivity contribution in [3.05, 3.63) is 59.8 Å². The molecule has 0 radical (unpaired) electrons. The Hall–Kier alpha value is -4.33. The highest BCUT2D eigenvalue weighted by atomic mass is 19.1. The largest absolute Gasteiger partial charge is 0.508 e. The van der Waals surface area contributed by atoms with Gasteiger partial charge in [0.2, 0.25) is 0 Å². The van der Waals surface area contributed by atoms with Crippen molar-refractivity contribution in [2.75, 3.05) is 45.3 Å². The first kappa shape index (κ1) is 27.8. The van der Waals surface area contributed by atoms with E-state index in [0.717, 1.165) is 25.8 Å². The van der Waals surface area contributed by atoms with Gasteiger partial charge in [-0.1, -0.05) is 24.1 Å². The van der Waals surface area contributed by atoms with Crippen molar-refractivity contribution in [2.24, 2.45) is 0 Å². The number of likely N-dealkylation sites (tertiary alicyclic amines) is 1. The molecule has 0 aliphatic carbocycles. The molecule has 4 aromatic rings. The number of anilines is 1. The molecule has 42 heavy (non-hydrogen) atoms. The fraction of sp³-hybridized carbons (Fsp3) is 0.344. The molecule has 6 rings (SSSR count). The normalized spacial score (nSPS) is 19.4. The molecule has 2 aromatic carbocycles. The zero-order valence-electron chi connectivity index (χ0n) is 23.5. The molecule has 0 amide bonds. The topological polar surface area (TPSA) is 83.8 Å². The van der Waals surface area contributed by atoms with Gasteiger partial charge in [-0.25, -0.2) is 8.78 Å². The molecule has 0 bridgehead atoms. The van der Waals surface area contributed by atoms with E-state index in [0.29, 0.717) is 36.3 Å². The number of phenolic OH excluding ortho intramolecular Hbond substituents is 1. The lowest BCUT2D eigenvalue weighted by Gasteiger charge is -2.24. The lowest BCUT2D eigenvalue weighted by atomic mass is 9.96. The highest BCUT2D eigenvalue weighted by molar-refractivity contribution is 6.03. The van der Waals surface area contributed by atoms with Crippen molar-refractivity contribution in [2.45, 2.75) is 31.4 Å². The van der Waals surface area contributed by atoms with Crippen LogP contribution in [0.4, 0.5) is 14.6 Å². The van der Waals surface area contributed by atoms with E-state index in [9.17, 15) is 9.50 Å². The van der Waals surface area contributed by atoms with Crippen molar-refractivity contribution in [3.8, 4) is 35.4 Å². The molecule has 1 N–H and O–H groups in total. The Morgan fingerprint density at radius 2 is 1.93 bits per heavy atom. The molecule has 216 valence electrons. The average Bonchev–Trinajstić information content (AvgIpc) is 3.16. The number of ether oxygens (including phenoxy) is 2. The van der Waals surface area contributed by atoms with Crippen LogP contribution in [0, 0.1) is 24.0 Å². The Morgan fingerprint density at radius 3 is 2.64 bits per heavy atom. The lowest BCUT2D eigenvalue weighted by Crippen LogP contribution is -2.31. The van der Waals surface area contributed by atoms with Crippen LogP contribution in [0.1, 0.15) is 24.8 Å². The molecule has 1 saturated heterocycles. The van der Waals surface area contributed by atoms with Crippen molar-refractivity contribution in [1.29, 1.82) is 0 Å². The summed E-state index contributed by atoms with van der Waals surface area (Å²) in [7, 11) is 3.70. The highest BCUT2D eigenvalue weighted by Crippen LogP contribution is 2.38. The Bertz CT molecular complexity index is 1730. The first-order chi connectivity index (χ1) is 20.4. The van der Waals surface area contributed by atoms with Crippen LogP contribution in [0.3, 0.4) is 0 Å². The maximum absolute atomic E-state index is 16.6. The molecule has 4 heterocycles. The van der Waals surface area contributed by atoms with Crippen LogP contribution in [-0.4, -0.2) is 77.5 Å². The molecular formula is C32H31F2N5O3. The van der Waals surface area contributed by atoms with Crippen LogP contribution in [0.5, 0.6) is 11.8 Å². The maximum Gasteiger partial charge on any atom is 0.319 e. The number of hydrogen-bond donors (Lipinski definition) is 1. The second-order valence-corrected chi connectivity index (χ2v) is 10.7. The van der Waals surface area contributed by atoms with E-state index in [4.69, 9.17) is 20.9 Å².